The number of carbonyl (C=O) groups is 2. The van der Waals surface area contributed by atoms with Gasteiger partial charge in [0.1, 0.15) is 6.04 Å². The first-order valence-corrected chi connectivity index (χ1v) is 10.3. The van der Waals surface area contributed by atoms with Crippen LogP contribution in [0.3, 0.4) is 0 Å². The van der Waals surface area contributed by atoms with Gasteiger partial charge in [0, 0.05) is 17.5 Å². The second-order valence-corrected chi connectivity index (χ2v) is 7.65. The van der Waals surface area contributed by atoms with Crippen molar-refractivity contribution in [2.75, 3.05) is 5.75 Å². The maximum atomic E-state index is 12.9. The lowest BCUT2D eigenvalue weighted by molar-refractivity contribution is -0.138. The van der Waals surface area contributed by atoms with Crippen molar-refractivity contribution in [2.45, 2.75) is 50.7 Å². The molecule has 27 heavy (non-hydrogen) atoms. The third-order valence-electron chi connectivity index (χ3n) is 4.47. The van der Waals surface area contributed by atoms with Crippen LogP contribution < -0.4 is 5.32 Å². The SMILES string of the molecule is CCC(C)NC(=O)C(C)N(Cc1ccccc1)C(=O)CSc1ccccc1. The highest BCUT2D eigenvalue weighted by atomic mass is 32.2. The first kappa shape index (κ1) is 21.0. The minimum absolute atomic E-state index is 0.0421. The van der Waals surface area contributed by atoms with E-state index in [-0.39, 0.29) is 17.9 Å². The summed E-state index contributed by atoms with van der Waals surface area (Å²) in [4.78, 5) is 28.3. The van der Waals surface area contributed by atoms with Crippen molar-refractivity contribution < 1.29 is 9.59 Å². The van der Waals surface area contributed by atoms with Gasteiger partial charge < -0.3 is 10.2 Å². The number of rotatable bonds is 9. The maximum Gasteiger partial charge on any atom is 0.242 e. The molecule has 2 aromatic rings. The molecule has 0 aliphatic carbocycles. The Kier molecular flexibility index (Phi) is 8.40. The predicted octanol–water partition coefficient (Wildman–Crippen LogP) is 4.11. The van der Waals surface area contributed by atoms with E-state index in [4.69, 9.17) is 0 Å². The maximum absolute atomic E-state index is 12.9. The zero-order chi connectivity index (χ0) is 19.6. The molecule has 2 amide bonds. The van der Waals surface area contributed by atoms with Gasteiger partial charge in [-0.3, -0.25) is 9.59 Å². The van der Waals surface area contributed by atoms with E-state index in [1.807, 2.05) is 74.5 Å². The summed E-state index contributed by atoms with van der Waals surface area (Å²) >= 11 is 1.49. The van der Waals surface area contributed by atoms with E-state index in [9.17, 15) is 9.59 Å². The molecule has 0 saturated heterocycles. The van der Waals surface area contributed by atoms with E-state index in [0.717, 1.165) is 16.9 Å². The average molecular weight is 385 g/mol. The van der Waals surface area contributed by atoms with E-state index in [1.165, 1.54) is 11.8 Å². The molecule has 0 radical (unpaired) electrons. The number of carbonyl (C=O) groups excluding carboxylic acids is 2. The van der Waals surface area contributed by atoms with E-state index in [2.05, 4.69) is 5.32 Å². The van der Waals surface area contributed by atoms with Crippen molar-refractivity contribution in [1.29, 1.82) is 0 Å². The van der Waals surface area contributed by atoms with Gasteiger partial charge in [0.05, 0.1) is 5.75 Å². The van der Waals surface area contributed by atoms with Gasteiger partial charge in [-0.1, -0.05) is 55.5 Å². The van der Waals surface area contributed by atoms with Crippen LogP contribution >= 0.6 is 11.8 Å². The first-order valence-electron chi connectivity index (χ1n) is 9.32. The summed E-state index contributed by atoms with van der Waals surface area (Å²) in [7, 11) is 0. The Balaban J connectivity index is 2.10. The van der Waals surface area contributed by atoms with Gasteiger partial charge >= 0.3 is 0 Å². The van der Waals surface area contributed by atoms with Crippen molar-refractivity contribution in [3.8, 4) is 0 Å². The van der Waals surface area contributed by atoms with E-state index in [1.54, 1.807) is 11.8 Å². The Morgan fingerprint density at radius 3 is 2.19 bits per heavy atom. The summed E-state index contributed by atoms with van der Waals surface area (Å²) in [5.41, 5.74) is 1.01. The lowest BCUT2D eigenvalue weighted by Gasteiger charge is -2.29. The third-order valence-corrected chi connectivity index (χ3v) is 5.47. The molecule has 0 aromatic heterocycles. The lowest BCUT2D eigenvalue weighted by atomic mass is 10.1. The van der Waals surface area contributed by atoms with Gasteiger partial charge in [0.15, 0.2) is 0 Å². The minimum Gasteiger partial charge on any atom is -0.352 e. The Labute approximate surface area is 166 Å². The average Bonchev–Trinajstić information content (AvgIpc) is 2.71. The monoisotopic (exact) mass is 384 g/mol. The third kappa shape index (κ3) is 6.75. The van der Waals surface area contributed by atoms with Crippen molar-refractivity contribution in [2.24, 2.45) is 0 Å². The van der Waals surface area contributed by atoms with Gasteiger partial charge in [-0.05, 0) is 38.0 Å². The molecule has 0 heterocycles. The molecule has 0 aliphatic heterocycles. The molecular weight excluding hydrogens is 356 g/mol. The topological polar surface area (TPSA) is 49.4 Å². The fraction of sp³-hybridized carbons (Fsp3) is 0.364. The molecule has 0 bridgehead atoms. The lowest BCUT2D eigenvalue weighted by Crippen LogP contribution is -2.50. The molecule has 0 fully saturated rings. The number of hydrogen-bond acceptors (Lipinski definition) is 3. The summed E-state index contributed by atoms with van der Waals surface area (Å²) in [6, 6.07) is 19.2. The molecule has 0 aliphatic rings. The number of benzene rings is 2. The van der Waals surface area contributed by atoms with E-state index >= 15 is 0 Å². The standard InChI is InChI=1S/C22H28N2O2S/c1-4-17(2)23-22(26)18(3)24(15-19-11-7-5-8-12-19)21(25)16-27-20-13-9-6-10-14-20/h5-14,17-18H,4,15-16H2,1-3H3,(H,23,26). The highest BCUT2D eigenvalue weighted by Crippen LogP contribution is 2.19. The second kappa shape index (κ2) is 10.8. The predicted molar refractivity (Wildman–Crippen MR) is 112 cm³/mol. The Morgan fingerprint density at radius 1 is 1.00 bits per heavy atom. The summed E-state index contributed by atoms with van der Waals surface area (Å²) < 4.78 is 0. The van der Waals surface area contributed by atoms with E-state index < -0.39 is 6.04 Å². The zero-order valence-electron chi connectivity index (χ0n) is 16.2. The molecule has 144 valence electrons. The summed E-state index contributed by atoms with van der Waals surface area (Å²) in [6.07, 6.45) is 0.856. The van der Waals surface area contributed by atoms with Crippen LogP contribution in [0.1, 0.15) is 32.8 Å². The van der Waals surface area contributed by atoms with E-state index in [0.29, 0.717) is 12.3 Å². The molecule has 2 rings (SSSR count). The number of hydrogen-bond donors (Lipinski definition) is 1. The highest BCUT2D eigenvalue weighted by molar-refractivity contribution is 8.00. The molecule has 2 atom stereocenters. The van der Waals surface area contributed by atoms with Crippen LogP contribution in [0.4, 0.5) is 0 Å². The number of thioether (sulfide) groups is 1. The summed E-state index contributed by atoms with van der Waals surface area (Å²) in [5, 5.41) is 2.98. The number of nitrogens with zero attached hydrogens (tertiary/aromatic N) is 1. The molecule has 0 spiro atoms. The molecule has 2 aromatic carbocycles. The largest absolute Gasteiger partial charge is 0.352 e. The number of nitrogens with one attached hydrogen (secondary N) is 1. The molecule has 4 nitrogen and oxygen atoms in total. The van der Waals surface area contributed by atoms with Gasteiger partial charge in [0.25, 0.3) is 0 Å². The van der Waals surface area contributed by atoms with Crippen molar-refractivity contribution in [3.63, 3.8) is 0 Å². The van der Waals surface area contributed by atoms with Crippen LogP contribution in [0.25, 0.3) is 0 Å². The van der Waals surface area contributed by atoms with Gasteiger partial charge in [-0.2, -0.15) is 0 Å². The van der Waals surface area contributed by atoms with Gasteiger partial charge in [-0.15, -0.1) is 11.8 Å². The molecular formula is C22H28N2O2S. The molecule has 1 N–H and O–H groups in total. The number of amides is 2. The van der Waals surface area contributed by atoms with Crippen LogP contribution in [0, 0.1) is 0 Å². The Morgan fingerprint density at radius 2 is 1.59 bits per heavy atom. The Bertz CT molecular complexity index is 722. The normalized spacial score (nSPS) is 12.9. The molecule has 0 saturated carbocycles. The van der Waals surface area contributed by atoms with Crippen molar-refractivity contribution in [1.82, 2.24) is 10.2 Å². The summed E-state index contributed by atoms with van der Waals surface area (Å²) in [6.45, 7) is 6.22. The van der Waals surface area contributed by atoms with Crippen LogP contribution in [-0.2, 0) is 16.1 Å². The second-order valence-electron chi connectivity index (χ2n) is 6.60. The van der Waals surface area contributed by atoms with Crippen LogP contribution in [0.2, 0.25) is 0 Å². The zero-order valence-corrected chi connectivity index (χ0v) is 17.0. The van der Waals surface area contributed by atoms with Gasteiger partial charge in [-0.25, -0.2) is 0 Å². The van der Waals surface area contributed by atoms with Gasteiger partial charge in [0.2, 0.25) is 11.8 Å². The summed E-state index contributed by atoms with van der Waals surface area (Å²) in [5.74, 6) is 0.149. The van der Waals surface area contributed by atoms with Crippen LogP contribution in [-0.4, -0.2) is 34.6 Å². The quantitative estimate of drug-likeness (QED) is 0.662. The smallest absolute Gasteiger partial charge is 0.242 e. The fourth-order valence-corrected chi connectivity index (χ4v) is 3.38. The first-order chi connectivity index (χ1) is 13.0. The molecule has 2 unspecified atom stereocenters. The minimum atomic E-state index is -0.525. The van der Waals surface area contributed by atoms with Crippen molar-refractivity contribution in [3.05, 3.63) is 66.2 Å². The van der Waals surface area contributed by atoms with Crippen LogP contribution in [0.5, 0.6) is 0 Å². The highest BCUT2D eigenvalue weighted by Gasteiger charge is 2.26. The van der Waals surface area contributed by atoms with Crippen molar-refractivity contribution >= 4 is 23.6 Å². The van der Waals surface area contributed by atoms with Crippen LogP contribution in [0.15, 0.2) is 65.6 Å². The Hall–Kier alpha value is -2.27. The molecule has 5 heteroatoms. The fourth-order valence-electron chi connectivity index (χ4n) is 2.57.